The quantitative estimate of drug-likeness (QED) is 0.565. The Morgan fingerprint density at radius 2 is 1.16 bits per heavy atom. The van der Waals surface area contributed by atoms with Gasteiger partial charge in [0.1, 0.15) is 0 Å². The lowest BCUT2D eigenvalue weighted by molar-refractivity contribution is 0.575. The minimum atomic E-state index is 0.747. The monoisotopic (exact) mass is 261 g/mol. The van der Waals surface area contributed by atoms with Gasteiger partial charge in [-0.15, -0.1) is 0 Å². The zero-order valence-corrected chi connectivity index (χ0v) is 12.7. The van der Waals surface area contributed by atoms with Gasteiger partial charge in [-0.05, 0) is 36.9 Å². The van der Waals surface area contributed by atoms with Gasteiger partial charge in [-0.25, -0.2) is 0 Å². The molecule has 1 nitrogen and oxygen atoms in total. The Bertz CT molecular complexity index is 302. The highest BCUT2D eigenvalue weighted by Gasteiger charge is 1.96. The zero-order valence-electron chi connectivity index (χ0n) is 12.7. The number of unbranched alkanes of at least 4 members (excludes halogenated alkanes) is 7. The van der Waals surface area contributed by atoms with Crippen LogP contribution in [0, 0.1) is 0 Å². The summed E-state index contributed by atoms with van der Waals surface area (Å²) in [5.41, 5.74) is 8.40. The van der Waals surface area contributed by atoms with E-state index in [0.29, 0.717) is 0 Å². The molecule has 0 aliphatic carbocycles. The van der Waals surface area contributed by atoms with Gasteiger partial charge in [0.05, 0.1) is 0 Å². The fourth-order valence-corrected chi connectivity index (χ4v) is 2.50. The molecule has 1 heteroatoms. The molecule has 19 heavy (non-hydrogen) atoms. The molecule has 0 fully saturated rings. The van der Waals surface area contributed by atoms with Crippen LogP contribution in [0.15, 0.2) is 24.3 Å². The van der Waals surface area contributed by atoms with E-state index in [0.717, 1.165) is 13.0 Å². The number of rotatable bonds is 11. The molecule has 0 atom stereocenters. The number of hydrogen-bond donors (Lipinski definition) is 1. The third kappa shape index (κ3) is 8.05. The summed E-state index contributed by atoms with van der Waals surface area (Å²) in [5, 5.41) is 0. The van der Waals surface area contributed by atoms with Crippen molar-refractivity contribution in [3.63, 3.8) is 0 Å². The van der Waals surface area contributed by atoms with Crippen LogP contribution >= 0.6 is 0 Å². The van der Waals surface area contributed by atoms with E-state index in [1.54, 1.807) is 0 Å². The van der Waals surface area contributed by atoms with Crippen molar-refractivity contribution in [2.75, 3.05) is 6.54 Å². The average Bonchev–Trinajstić information content (AvgIpc) is 2.44. The number of hydrogen-bond acceptors (Lipinski definition) is 1. The van der Waals surface area contributed by atoms with Gasteiger partial charge >= 0.3 is 0 Å². The van der Waals surface area contributed by atoms with Crippen LogP contribution in [-0.4, -0.2) is 6.54 Å². The second-order valence-electron chi connectivity index (χ2n) is 5.58. The fourth-order valence-electron chi connectivity index (χ4n) is 2.50. The van der Waals surface area contributed by atoms with Gasteiger partial charge in [0.15, 0.2) is 0 Å². The van der Waals surface area contributed by atoms with Gasteiger partial charge in [-0.3, -0.25) is 0 Å². The highest BCUT2D eigenvalue weighted by atomic mass is 14.5. The summed E-state index contributed by atoms with van der Waals surface area (Å²) in [6, 6.07) is 9.00. The first-order valence-corrected chi connectivity index (χ1v) is 8.14. The molecule has 108 valence electrons. The minimum absolute atomic E-state index is 0.747. The molecule has 1 rings (SSSR count). The predicted octanol–water partition coefficient (Wildman–Crippen LogP) is 4.87. The average molecular weight is 261 g/mol. The Morgan fingerprint density at radius 1 is 0.684 bits per heavy atom. The molecule has 0 saturated heterocycles. The molecule has 1 aromatic carbocycles. The molecule has 0 spiro atoms. The summed E-state index contributed by atoms with van der Waals surface area (Å²) >= 11 is 0. The van der Waals surface area contributed by atoms with Crippen LogP contribution in [-0.2, 0) is 12.8 Å². The van der Waals surface area contributed by atoms with E-state index in [-0.39, 0.29) is 0 Å². The molecule has 0 aliphatic rings. The van der Waals surface area contributed by atoms with Crippen LogP contribution in [0.5, 0.6) is 0 Å². The number of benzene rings is 1. The van der Waals surface area contributed by atoms with Gasteiger partial charge in [-0.2, -0.15) is 0 Å². The first-order valence-electron chi connectivity index (χ1n) is 8.14. The maximum atomic E-state index is 5.56. The summed E-state index contributed by atoms with van der Waals surface area (Å²) in [7, 11) is 0. The van der Waals surface area contributed by atoms with Crippen LogP contribution in [0.1, 0.15) is 69.4 Å². The molecule has 0 aromatic heterocycles. The normalized spacial score (nSPS) is 10.8. The van der Waals surface area contributed by atoms with Crippen molar-refractivity contribution in [2.45, 2.75) is 71.1 Å². The summed E-state index contributed by atoms with van der Waals surface area (Å²) in [5.74, 6) is 0. The van der Waals surface area contributed by atoms with Gasteiger partial charge < -0.3 is 5.73 Å². The van der Waals surface area contributed by atoms with E-state index >= 15 is 0 Å². The number of aryl methyl sites for hydroxylation is 1. The smallest absolute Gasteiger partial charge is 0.00367 e. The van der Waals surface area contributed by atoms with Crippen LogP contribution in [0.2, 0.25) is 0 Å². The van der Waals surface area contributed by atoms with E-state index in [1.165, 1.54) is 68.9 Å². The standard InChI is InChI=1S/C18H31N/c1-2-3-4-5-6-7-8-9-10-17-11-13-18(14-12-17)15-16-19/h11-14H,2-10,15-16,19H2,1H3. The van der Waals surface area contributed by atoms with Crippen molar-refractivity contribution < 1.29 is 0 Å². The van der Waals surface area contributed by atoms with Crippen LogP contribution < -0.4 is 5.73 Å². The van der Waals surface area contributed by atoms with E-state index in [4.69, 9.17) is 5.73 Å². The lowest BCUT2D eigenvalue weighted by atomic mass is 10.0. The second-order valence-corrected chi connectivity index (χ2v) is 5.58. The van der Waals surface area contributed by atoms with E-state index in [1.807, 2.05) is 0 Å². The van der Waals surface area contributed by atoms with Crippen molar-refractivity contribution in [3.8, 4) is 0 Å². The molecule has 0 amide bonds. The Labute approximate surface area is 119 Å². The topological polar surface area (TPSA) is 26.0 Å². The third-order valence-electron chi connectivity index (χ3n) is 3.77. The first kappa shape index (κ1) is 16.2. The van der Waals surface area contributed by atoms with Crippen LogP contribution in [0.3, 0.4) is 0 Å². The molecule has 0 aliphatic heterocycles. The molecular formula is C18H31N. The first-order chi connectivity index (χ1) is 9.36. The molecule has 0 bridgehead atoms. The van der Waals surface area contributed by atoms with Crippen LogP contribution in [0.4, 0.5) is 0 Å². The van der Waals surface area contributed by atoms with Crippen molar-refractivity contribution >= 4 is 0 Å². The lowest BCUT2D eigenvalue weighted by Gasteiger charge is -2.04. The maximum absolute atomic E-state index is 5.56. The van der Waals surface area contributed by atoms with E-state index < -0.39 is 0 Å². The van der Waals surface area contributed by atoms with Crippen molar-refractivity contribution in [1.29, 1.82) is 0 Å². The molecule has 0 saturated carbocycles. The zero-order chi connectivity index (χ0) is 13.8. The third-order valence-corrected chi connectivity index (χ3v) is 3.77. The Kier molecular flexibility index (Phi) is 9.44. The lowest BCUT2D eigenvalue weighted by Crippen LogP contribution is -2.02. The van der Waals surface area contributed by atoms with E-state index in [9.17, 15) is 0 Å². The van der Waals surface area contributed by atoms with Crippen LogP contribution in [0.25, 0.3) is 0 Å². The predicted molar refractivity (Wildman–Crippen MR) is 85.5 cm³/mol. The Hall–Kier alpha value is -0.820. The van der Waals surface area contributed by atoms with Gasteiger partial charge in [-0.1, -0.05) is 76.1 Å². The largest absolute Gasteiger partial charge is 0.330 e. The molecule has 0 heterocycles. The van der Waals surface area contributed by atoms with Crippen molar-refractivity contribution in [1.82, 2.24) is 0 Å². The molecule has 0 radical (unpaired) electrons. The highest BCUT2D eigenvalue weighted by molar-refractivity contribution is 5.22. The second kappa shape index (κ2) is 11.0. The SMILES string of the molecule is CCCCCCCCCCc1ccc(CCN)cc1. The molecule has 0 unspecified atom stereocenters. The highest BCUT2D eigenvalue weighted by Crippen LogP contribution is 2.12. The summed E-state index contributed by atoms with van der Waals surface area (Å²) < 4.78 is 0. The summed E-state index contributed by atoms with van der Waals surface area (Å²) in [6.45, 7) is 3.02. The minimum Gasteiger partial charge on any atom is -0.330 e. The Morgan fingerprint density at radius 3 is 1.68 bits per heavy atom. The van der Waals surface area contributed by atoms with E-state index in [2.05, 4.69) is 31.2 Å². The number of nitrogens with two attached hydrogens (primary N) is 1. The van der Waals surface area contributed by atoms with Gasteiger partial charge in [0, 0.05) is 0 Å². The van der Waals surface area contributed by atoms with Crippen molar-refractivity contribution in [3.05, 3.63) is 35.4 Å². The summed E-state index contributed by atoms with van der Waals surface area (Å²) in [4.78, 5) is 0. The fraction of sp³-hybridized carbons (Fsp3) is 0.667. The molecular weight excluding hydrogens is 230 g/mol. The molecule has 1 aromatic rings. The van der Waals surface area contributed by atoms with Crippen molar-refractivity contribution in [2.24, 2.45) is 5.73 Å². The summed E-state index contributed by atoms with van der Waals surface area (Å²) in [6.07, 6.45) is 13.4. The van der Waals surface area contributed by atoms with Gasteiger partial charge in [0.25, 0.3) is 0 Å². The van der Waals surface area contributed by atoms with Gasteiger partial charge in [0.2, 0.25) is 0 Å². The molecule has 2 N–H and O–H groups in total. The maximum Gasteiger partial charge on any atom is -0.00367 e. The Balaban J connectivity index is 2.02.